The Hall–Kier alpha value is -2.58. The van der Waals surface area contributed by atoms with Crippen LogP contribution in [0.5, 0.6) is 0 Å². The Morgan fingerprint density at radius 3 is 2.59 bits per heavy atom. The van der Waals surface area contributed by atoms with E-state index in [1.807, 2.05) is 42.5 Å². The number of carbonyl (C=O) groups is 1. The molecule has 0 aromatic heterocycles. The molecule has 0 unspecified atom stereocenters. The van der Waals surface area contributed by atoms with Crippen LogP contribution in [0.3, 0.4) is 0 Å². The van der Waals surface area contributed by atoms with Gasteiger partial charge in [0.1, 0.15) is 0 Å². The molecule has 0 bridgehead atoms. The van der Waals surface area contributed by atoms with Gasteiger partial charge in [0.2, 0.25) is 0 Å². The molecule has 3 heteroatoms. The monoisotopic (exact) mass is 305 g/mol. The van der Waals surface area contributed by atoms with Crippen molar-refractivity contribution >= 4 is 34.8 Å². The summed E-state index contributed by atoms with van der Waals surface area (Å²) in [6.07, 6.45) is 1.93. The molecular weight excluding hydrogens is 294 g/mol. The predicted octanol–water partition coefficient (Wildman–Crippen LogP) is 4.94. The van der Waals surface area contributed by atoms with Gasteiger partial charge in [-0.1, -0.05) is 66.2 Å². The summed E-state index contributed by atoms with van der Waals surface area (Å²) < 4.78 is 0. The van der Waals surface area contributed by atoms with E-state index in [1.165, 1.54) is 0 Å². The molecule has 0 saturated heterocycles. The smallest absolute Gasteiger partial charge is 0.256 e. The molecule has 2 nitrogen and oxygen atoms in total. The maximum Gasteiger partial charge on any atom is 0.256 e. The van der Waals surface area contributed by atoms with Crippen molar-refractivity contribution in [3.05, 3.63) is 76.8 Å². The van der Waals surface area contributed by atoms with Gasteiger partial charge >= 0.3 is 0 Å². The summed E-state index contributed by atoms with van der Waals surface area (Å²) in [4.78, 5) is 12.3. The highest BCUT2D eigenvalue weighted by molar-refractivity contribution is 6.41. The molecule has 3 aliphatic rings. The number of para-hydroxylation sites is 1. The number of halogens is 1. The zero-order valence-corrected chi connectivity index (χ0v) is 12.4. The third-order valence-corrected chi connectivity index (χ3v) is 4.23. The molecule has 0 atom stereocenters. The van der Waals surface area contributed by atoms with Gasteiger partial charge in [-0.15, -0.1) is 0 Å². The Labute approximate surface area is 133 Å². The lowest BCUT2D eigenvalue weighted by Gasteiger charge is -2.00. The van der Waals surface area contributed by atoms with E-state index in [1.54, 1.807) is 6.07 Å². The summed E-state index contributed by atoms with van der Waals surface area (Å²) in [5.74, 6) is -0.113. The van der Waals surface area contributed by atoms with E-state index in [9.17, 15) is 4.79 Å². The predicted molar refractivity (Wildman–Crippen MR) is 91.0 cm³/mol. The van der Waals surface area contributed by atoms with Gasteiger partial charge in [0, 0.05) is 11.1 Å². The van der Waals surface area contributed by atoms with Crippen molar-refractivity contribution in [3.63, 3.8) is 0 Å². The van der Waals surface area contributed by atoms with Gasteiger partial charge in [-0.05, 0) is 28.8 Å². The second-order valence-electron chi connectivity index (χ2n) is 5.24. The molecule has 1 aromatic carbocycles. The van der Waals surface area contributed by atoms with Gasteiger partial charge in [-0.25, -0.2) is 0 Å². The molecule has 1 heterocycles. The molecule has 2 aliphatic carbocycles. The maximum atomic E-state index is 12.3. The zero-order chi connectivity index (χ0) is 15.1. The molecule has 0 radical (unpaired) electrons. The summed E-state index contributed by atoms with van der Waals surface area (Å²) in [7, 11) is 0. The van der Waals surface area contributed by atoms with Crippen molar-refractivity contribution in [1.82, 2.24) is 0 Å². The van der Waals surface area contributed by atoms with Crippen LogP contribution in [0.2, 0.25) is 5.02 Å². The molecule has 106 valence electrons. The van der Waals surface area contributed by atoms with Crippen LogP contribution in [-0.2, 0) is 4.79 Å². The average molecular weight is 306 g/mol. The van der Waals surface area contributed by atoms with E-state index >= 15 is 0 Å². The Balaban J connectivity index is 1.88. The zero-order valence-electron chi connectivity index (χ0n) is 11.6. The first kappa shape index (κ1) is 13.1. The van der Waals surface area contributed by atoms with Crippen LogP contribution in [0.15, 0.2) is 60.7 Å². The minimum absolute atomic E-state index is 0.113. The minimum Gasteiger partial charge on any atom is -0.320 e. The Kier molecular flexibility index (Phi) is 2.98. The van der Waals surface area contributed by atoms with Gasteiger partial charge in [0.05, 0.1) is 10.7 Å². The number of rotatable bonds is 1. The average Bonchev–Trinajstić information content (AvgIpc) is 2.93. The molecule has 1 N–H and O–H groups in total. The van der Waals surface area contributed by atoms with Crippen molar-refractivity contribution in [1.29, 1.82) is 0 Å². The van der Waals surface area contributed by atoms with Gasteiger partial charge < -0.3 is 5.32 Å². The van der Waals surface area contributed by atoms with Crippen LogP contribution < -0.4 is 5.32 Å². The molecule has 22 heavy (non-hydrogen) atoms. The van der Waals surface area contributed by atoms with Crippen LogP contribution in [0.25, 0.3) is 22.8 Å². The SMILES string of the molecule is O=C1Nc2c(Cl)cccc2C1=Cc1ccc2cccccc1-2. The highest BCUT2D eigenvalue weighted by Crippen LogP contribution is 2.39. The van der Waals surface area contributed by atoms with E-state index in [2.05, 4.69) is 23.5 Å². The first-order valence-electron chi connectivity index (χ1n) is 7.04. The van der Waals surface area contributed by atoms with E-state index < -0.39 is 0 Å². The number of hydrogen-bond acceptors (Lipinski definition) is 1. The minimum atomic E-state index is -0.113. The number of nitrogens with one attached hydrogen (secondary N) is 1. The summed E-state index contributed by atoms with van der Waals surface area (Å²) in [5, 5.41) is 3.41. The van der Waals surface area contributed by atoms with Gasteiger partial charge in [-0.3, -0.25) is 4.79 Å². The second kappa shape index (κ2) is 5.00. The molecule has 1 aromatic rings. The third kappa shape index (κ3) is 2.00. The van der Waals surface area contributed by atoms with Crippen molar-refractivity contribution < 1.29 is 4.79 Å². The summed E-state index contributed by atoms with van der Waals surface area (Å²) in [6.45, 7) is 0. The van der Waals surface area contributed by atoms with Gasteiger partial charge in [0.25, 0.3) is 5.91 Å². The van der Waals surface area contributed by atoms with E-state index in [-0.39, 0.29) is 5.91 Å². The van der Waals surface area contributed by atoms with Crippen LogP contribution >= 0.6 is 11.6 Å². The highest BCUT2D eigenvalue weighted by Gasteiger charge is 2.26. The summed E-state index contributed by atoms with van der Waals surface area (Å²) in [5.41, 5.74) is 5.51. The molecule has 0 fully saturated rings. The largest absolute Gasteiger partial charge is 0.320 e. The summed E-state index contributed by atoms with van der Waals surface area (Å²) in [6, 6.07) is 19.8. The summed E-state index contributed by atoms with van der Waals surface area (Å²) >= 11 is 6.15. The molecule has 1 aliphatic heterocycles. The normalized spacial score (nSPS) is 15.1. The lowest BCUT2D eigenvalue weighted by molar-refractivity contribution is -0.110. The van der Waals surface area contributed by atoms with Crippen LogP contribution in [0, 0.1) is 0 Å². The number of anilines is 1. The lowest BCUT2D eigenvalue weighted by atomic mass is 10.0. The molecular formula is C19H12ClNO. The van der Waals surface area contributed by atoms with E-state index in [0.717, 1.165) is 22.3 Å². The van der Waals surface area contributed by atoms with Gasteiger partial charge in [0.15, 0.2) is 0 Å². The Morgan fingerprint density at radius 1 is 0.864 bits per heavy atom. The molecule has 4 rings (SSSR count). The lowest BCUT2D eigenvalue weighted by Crippen LogP contribution is -2.03. The Morgan fingerprint density at radius 2 is 1.68 bits per heavy atom. The third-order valence-electron chi connectivity index (χ3n) is 3.91. The fraction of sp³-hybridized carbons (Fsp3) is 0. The van der Waals surface area contributed by atoms with Crippen molar-refractivity contribution in [3.8, 4) is 11.1 Å². The highest BCUT2D eigenvalue weighted by atomic mass is 35.5. The molecule has 0 spiro atoms. The molecule has 0 saturated carbocycles. The first-order valence-corrected chi connectivity index (χ1v) is 7.41. The van der Waals surface area contributed by atoms with Gasteiger partial charge in [-0.2, -0.15) is 0 Å². The van der Waals surface area contributed by atoms with Crippen molar-refractivity contribution in [2.45, 2.75) is 0 Å². The second-order valence-corrected chi connectivity index (χ2v) is 5.65. The van der Waals surface area contributed by atoms with E-state index in [0.29, 0.717) is 16.3 Å². The number of amides is 1. The fourth-order valence-corrected chi connectivity index (χ4v) is 3.06. The Bertz CT molecular complexity index is 898. The maximum absolute atomic E-state index is 12.3. The topological polar surface area (TPSA) is 29.1 Å². The number of benzene rings is 1. The number of hydrogen-bond donors (Lipinski definition) is 1. The fourth-order valence-electron chi connectivity index (χ4n) is 2.84. The van der Waals surface area contributed by atoms with Crippen LogP contribution in [-0.4, -0.2) is 5.91 Å². The first-order chi connectivity index (χ1) is 10.7. The van der Waals surface area contributed by atoms with Crippen molar-refractivity contribution in [2.24, 2.45) is 0 Å². The quantitative estimate of drug-likeness (QED) is 0.634. The standard InChI is InChI=1S/C19H12ClNO/c20-17-8-4-7-15-16(19(22)21-18(15)17)11-13-10-9-12-5-2-1-3-6-14(12)13/h1-11H,(H,21,22). The van der Waals surface area contributed by atoms with Crippen LogP contribution in [0.4, 0.5) is 5.69 Å². The van der Waals surface area contributed by atoms with Crippen LogP contribution in [0.1, 0.15) is 11.1 Å². The van der Waals surface area contributed by atoms with E-state index in [4.69, 9.17) is 11.6 Å². The van der Waals surface area contributed by atoms with Crippen molar-refractivity contribution in [2.75, 3.05) is 5.32 Å². The number of carbonyl (C=O) groups excluding carboxylic acids is 1. The molecule has 1 amide bonds. The number of fused-ring (bicyclic) bond motifs is 2.